The van der Waals surface area contributed by atoms with Crippen LogP contribution < -0.4 is 0 Å². The third kappa shape index (κ3) is 2.53. The first-order chi connectivity index (χ1) is 15.2. The van der Waals surface area contributed by atoms with E-state index >= 15 is 0 Å². The van der Waals surface area contributed by atoms with Gasteiger partial charge in [0.2, 0.25) is 5.79 Å². The van der Waals surface area contributed by atoms with Gasteiger partial charge in [0.15, 0.2) is 0 Å². The van der Waals surface area contributed by atoms with Gasteiger partial charge in [0.25, 0.3) is 0 Å². The van der Waals surface area contributed by atoms with E-state index in [0.717, 1.165) is 22.4 Å². The van der Waals surface area contributed by atoms with Crippen LogP contribution in [0.5, 0.6) is 0 Å². The summed E-state index contributed by atoms with van der Waals surface area (Å²) in [5.41, 5.74) is 1.75. The van der Waals surface area contributed by atoms with E-state index in [1.54, 1.807) is 0 Å². The second-order valence-corrected chi connectivity index (χ2v) is 8.84. The number of benzene rings is 3. The van der Waals surface area contributed by atoms with Gasteiger partial charge in [-0.05, 0) is 23.6 Å². The Bertz CT molecular complexity index is 1110. The monoisotopic (exact) mass is 408 g/mol. The van der Waals surface area contributed by atoms with E-state index in [4.69, 9.17) is 9.47 Å². The molecule has 2 unspecified atom stereocenters. The van der Waals surface area contributed by atoms with E-state index in [1.165, 1.54) is 0 Å². The van der Waals surface area contributed by atoms with Crippen LogP contribution in [0.2, 0.25) is 0 Å². The second-order valence-electron chi connectivity index (χ2n) is 8.84. The third-order valence-corrected chi connectivity index (χ3v) is 7.28. The lowest BCUT2D eigenvalue weighted by Gasteiger charge is -2.41. The zero-order valence-corrected chi connectivity index (χ0v) is 17.3. The lowest BCUT2D eigenvalue weighted by atomic mass is 9.69. The summed E-state index contributed by atoms with van der Waals surface area (Å²) < 4.78 is 13.8. The van der Waals surface area contributed by atoms with Gasteiger partial charge in [-0.3, -0.25) is 4.79 Å². The Hall–Kier alpha value is -3.17. The molecule has 31 heavy (non-hydrogen) atoms. The quantitative estimate of drug-likeness (QED) is 0.545. The SMILES string of the molecule is O=C1CCC23OC(c4ccccc4)=CCC12CC(c1ccccc1)(c1ccccc1)O3. The highest BCUT2D eigenvalue weighted by atomic mass is 16.7. The van der Waals surface area contributed by atoms with Crippen molar-refractivity contribution in [1.82, 2.24) is 0 Å². The molecule has 0 N–H and O–H groups in total. The van der Waals surface area contributed by atoms with Crippen molar-refractivity contribution in [1.29, 1.82) is 0 Å². The summed E-state index contributed by atoms with van der Waals surface area (Å²) in [6.07, 6.45) is 4.39. The molecule has 154 valence electrons. The molecule has 2 atom stereocenters. The number of Topliss-reactive ketones (excluding diaryl/α,β-unsaturated/α-hetero) is 1. The van der Waals surface area contributed by atoms with Crippen molar-refractivity contribution in [3.63, 3.8) is 0 Å². The molecule has 6 rings (SSSR count). The van der Waals surface area contributed by atoms with E-state index < -0.39 is 16.8 Å². The van der Waals surface area contributed by atoms with Crippen molar-refractivity contribution >= 4 is 11.5 Å². The second kappa shape index (κ2) is 6.66. The smallest absolute Gasteiger partial charge is 0.225 e. The minimum Gasteiger partial charge on any atom is -0.461 e. The van der Waals surface area contributed by atoms with Crippen LogP contribution in [0.15, 0.2) is 97.1 Å². The molecule has 1 aliphatic carbocycles. The first-order valence-electron chi connectivity index (χ1n) is 11.0. The van der Waals surface area contributed by atoms with Crippen LogP contribution in [0.25, 0.3) is 5.76 Å². The zero-order valence-electron chi connectivity index (χ0n) is 17.3. The minimum atomic E-state index is -0.949. The fraction of sp³-hybridized carbons (Fsp3) is 0.250. The molecule has 2 fully saturated rings. The van der Waals surface area contributed by atoms with Gasteiger partial charge in [0, 0.05) is 24.8 Å². The van der Waals surface area contributed by atoms with Gasteiger partial charge in [-0.1, -0.05) is 91.0 Å². The molecule has 3 heteroatoms. The maximum absolute atomic E-state index is 13.4. The summed E-state index contributed by atoms with van der Waals surface area (Å²) >= 11 is 0. The fourth-order valence-electron chi connectivity index (χ4n) is 5.77. The molecule has 1 saturated carbocycles. The Morgan fingerprint density at radius 3 is 1.94 bits per heavy atom. The van der Waals surface area contributed by atoms with Gasteiger partial charge in [-0.2, -0.15) is 0 Å². The lowest BCUT2D eigenvalue weighted by molar-refractivity contribution is -0.241. The summed E-state index contributed by atoms with van der Waals surface area (Å²) in [5, 5.41) is 0. The topological polar surface area (TPSA) is 35.5 Å². The van der Waals surface area contributed by atoms with E-state index in [1.807, 2.05) is 66.7 Å². The zero-order chi connectivity index (χ0) is 20.9. The minimum absolute atomic E-state index is 0.254. The average molecular weight is 408 g/mol. The van der Waals surface area contributed by atoms with Crippen molar-refractivity contribution in [3.8, 4) is 0 Å². The molecule has 2 heterocycles. The molecule has 0 aromatic heterocycles. The maximum Gasteiger partial charge on any atom is 0.225 e. The largest absolute Gasteiger partial charge is 0.461 e. The molecule has 3 aromatic carbocycles. The van der Waals surface area contributed by atoms with Gasteiger partial charge >= 0.3 is 0 Å². The molecular weight excluding hydrogens is 384 g/mol. The highest BCUT2D eigenvalue weighted by molar-refractivity contribution is 5.90. The first-order valence-corrected chi connectivity index (χ1v) is 11.0. The van der Waals surface area contributed by atoms with Crippen LogP contribution in [0.4, 0.5) is 0 Å². The van der Waals surface area contributed by atoms with Crippen LogP contribution in [-0.2, 0) is 19.9 Å². The van der Waals surface area contributed by atoms with Gasteiger partial charge in [0.1, 0.15) is 22.6 Å². The Kier molecular flexibility index (Phi) is 4.00. The highest BCUT2D eigenvalue weighted by Crippen LogP contribution is 2.67. The molecule has 0 spiro atoms. The molecule has 0 bridgehead atoms. The maximum atomic E-state index is 13.4. The standard InChI is InChI=1S/C28H24O3/c29-25-17-19-28-26(25,18-16-24(30-28)21-10-4-1-5-11-21)20-27(31-28,22-12-6-2-7-13-22)23-14-8-3-9-15-23/h1-16H,17-20H2. The van der Waals surface area contributed by atoms with E-state index in [2.05, 4.69) is 30.3 Å². The molecule has 0 radical (unpaired) electrons. The summed E-state index contributed by atoms with van der Waals surface area (Å²) in [6, 6.07) is 30.7. The predicted octanol–water partition coefficient (Wildman–Crippen LogP) is 5.86. The van der Waals surface area contributed by atoms with Crippen LogP contribution >= 0.6 is 0 Å². The molecule has 3 nitrogen and oxygen atoms in total. The number of hydrogen-bond acceptors (Lipinski definition) is 3. The Balaban J connectivity index is 1.52. The molecule has 3 aliphatic rings. The van der Waals surface area contributed by atoms with Crippen molar-refractivity contribution in [2.45, 2.75) is 37.1 Å². The normalized spacial score (nSPS) is 28.4. The Morgan fingerprint density at radius 2 is 1.32 bits per heavy atom. The molecule has 0 amide bonds. The summed E-state index contributed by atoms with van der Waals surface area (Å²) in [5.74, 6) is 0.114. The van der Waals surface area contributed by atoms with Crippen LogP contribution in [0.1, 0.15) is 42.4 Å². The van der Waals surface area contributed by atoms with Gasteiger partial charge in [-0.15, -0.1) is 0 Å². The molecule has 3 aromatic rings. The third-order valence-electron chi connectivity index (χ3n) is 7.28. The van der Waals surface area contributed by atoms with Gasteiger partial charge in [-0.25, -0.2) is 0 Å². The van der Waals surface area contributed by atoms with Crippen LogP contribution in [-0.4, -0.2) is 11.6 Å². The first kappa shape index (κ1) is 18.6. The summed E-state index contributed by atoms with van der Waals surface area (Å²) in [7, 11) is 0. The van der Waals surface area contributed by atoms with Crippen molar-refractivity contribution in [2.75, 3.05) is 0 Å². The molecule has 1 saturated heterocycles. The molecular formula is C28H24O3. The van der Waals surface area contributed by atoms with Crippen LogP contribution in [0, 0.1) is 5.41 Å². The van der Waals surface area contributed by atoms with Gasteiger partial charge < -0.3 is 9.47 Å². The fourth-order valence-corrected chi connectivity index (χ4v) is 5.77. The number of allylic oxidation sites excluding steroid dienone is 1. The lowest BCUT2D eigenvalue weighted by Crippen LogP contribution is -2.47. The van der Waals surface area contributed by atoms with E-state index in [9.17, 15) is 4.79 Å². The molecule has 2 aliphatic heterocycles. The number of rotatable bonds is 3. The number of carbonyl (C=O) groups is 1. The number of hydrogen-bond donors (Lipinski definition) is 0. The summed E-state index contributed by atoms with van der Waals surface area (Å²) in [6.45, 7) is 0. The van der Waals surface area contributed by atoms with Crippen molar-refractivity contribution in [3.05, 3.63) is 114 Å². The number of ketones is 1. The Morgan fingerprint density at radius 1 is 0.742 bits per heavy atom. The number of carbonyl (C=O) groups excluding carboxylic acids is 1. The van der Waals surface area contributed by atoms with Crippen molar-refractivity contribution < 1.29 is 14.3 Å². The van der Waals surface area contributed by atoms with Gasteiger partial charge in [0.05, 0.1) is 0 Å². The highest BCUT2D eigenvalue weighted by Gasteiger charge is 2.74. The Labute approximate surface area is 182 Å². The number of ether oxygens (including phenoxy) is 2. The van der Waals surface area contributed by atoms with E-state index in [0.29, 0.717) is 25.7 Å². The van der Waals surface area contributed by atoms with E-state index in [-0.39, 0.29) is 5.78 Å². The predicted molar refractivity (Wildman–Crippen MR) is 119 cm³/mol. The average Bonchev–Trinajstić information content (AvgIpc) is 3.31. The summed E-state index contributed by atoms with van der Waals surface area (Å²) in [4.78, 5) is 13.4. The van der Waals surface area contributed by atoms with Crippen LogP contribution in [0.3, 0.4) is 0 Å². The van der Waals surface area contributed by atoms with Crippen molar-refractivity contribution in [2.24, 2.45) is 5.41 Å².